The molecule has 3 rings (SSSR count). The fourth-order valence-corrected chi connectivity index (χ4v) is 3.32. The van der Waals surface area contributed by atoms with Crippen molar-refractivity contribution < 1.29 is 18.0 Å². The van der Waals surface area contributed by atoms with Gasteiger partial charge in [-0.15, -0.1) is 0 Å². The molecule has 1 aliphatic carbocycles. The minimum absolute atomic E-state index is 0.0179. The van der Waals surface area contributed by atoms with Gasteiger partial charge in [-0.05, 0) is 56.2 Å². The Morgan fingerprint density at radius 3 is 2.12 bits per heavy atom. The summed E-state index contributed by atoms with van der Waals surface area (Å²) in [6, 6.07) is 12.4. The summed E-state index contributed by atoms with van der Waals surface area (Å²) in [5.41, 5.74) is 6.40. The van der Waals surface area contributed by atoms with Gasteiger partial charge in [0.2, 0.25) is 5.91 Å². The number of benzene rings is 2. The summed E-state index contributed by atoms with van der Waals surface area (Å²) >= 11 is 0. The minimum atomic E-state index is -3.75. The van der Waals surface area contributed by atoms with E-state index in [1.807, 2.05) is 6.92 Å². The average molecular weight is 373 g/mol. The highest BCUT2D eigenvalue weighted by molar-refractivity contribution is 7.92. The second-order valence-electron chi connectivity index (χ2n) is 6.21. The maximum Gasteiger partial charge on any atom is 0.269 e. The Hall–Kier alpha value is -2.87. The zero-order chi connectivity index (χ0) is 18.7. The predicted molar refractivity (Wildman–Crippen MR) is 96.8 cm³/mol. The molecule has 2 aromatic rings. The Morgan fingerprint density at radius 2 is 1.54 bits per heavy atom. The monoisotopic (exact) mass is 373 g/mol. The quantitative estimate of drug-likeness (QED) is 0.697. The number of amides is 2. The van der Waals surface area contributed by atoms with Gasteiger partial charge in [0.15, 0.2) is 0 Å². The Kier molecular flexibility index (Phi) is 4.94. The summed E-state index contributed by atoms with van der Waals surface area (Å²) in [5.74, 6) is -0.732. The fraction of sp³-hybridized carbons (Fsp3) is 0.222. The van der Waals surface area contributed by atoms with Crippen molar-refractivity contribution in [3.05, 3.63) is 59.7 Å². The molecule has 8 heteroatoms. The van der Waals surface area contributed by atoms with Crippen molar-refractivity contribution in [1.29, 1.82) is 0 Å². The van der Waals surface area contributed by atoms with Crippen LogP contribution < -0.4 is 15.6 Å². The molecule has 0 heterocycles. The first-order valence-corrected chi connectivity index (χ1v) is 9.63. The molecule has 7 nitrogen and oxygen atoms in total. The molecule has 2 amide bonds. The average Bonchev–Trinajstić information content (AvgIpc) is 3.46. The first kappa shape index (κ1) is 17.9. The molecule has 0 unspecified atom stereocenters. The topological polar surface area (TPSA) is 104 Å². The van der Waals surface area contributed by atoms with Crippen molar-refractivity contribution in [2.75, 3.05) is 4.72 Å². The van der Waals surface area contributed by atoms with Crippen LogP contribution in [0.15, 0.2) is 53.4 Å². The molecule has 0 saturated heterocycles. The van der Waals surface area contributed by atoms with E-state index in [1.54, 1.807) is 24.3 Å². The van der Waals surface area contributed by atoms with Crippen molar-refractivity contribution >= 4 is 27.5 Å². The van der Waals surface area contributed by atoms with Crippen LogP contribution in [0.4, 0.5) is 5.69 Å². The molecule has 2 aromatic carbocycles. The van der Waals surface area contributed by atoms with Gasteiger partial charge in [-0.25, -0.2) is 8.42 Å². The molecule has 0 aliphatic heterocycles. The standard InChI is InChI=1S/C18H19N3O4S/c1-12-2-8-15(9-3-12)21-26(24,25)16-10-6-14(7-11-16)18(23)20-19-17(22)13-4-5-13/h2-3,6-11,13,21H,4-5H2,1H3,(H,19,22)(H,20,23). The second-order valence-corrected chi connectivity index (χ2v) is 7.90. The Bertz CT molecular complexity index is 918. The van der Waals surface area contributed by atoms with E-state index in [1.165, 1.54) is 24.3 Å². The van der Waals surface area contributed by atoms with Crippen LogP contribution in [0.25, 0.3) is 0 Å². The molecule has 26 heavy (non-hydrogen) atoms. The van der Waals surface area contributed by atoms with Crippen molar-refractivity contribution in [1.82, 2.24) is 10.9 Å². The lowest BCUT2D eigenvalue weighted by atomic mass is 10.2. The number of nitrogens with one attached hydrogen (secondary N) is 3. The fourth-order valence-electron chi connectivity index (χ4n) is 2.26. The molecule has 1 fully saturated rings. The number of aryl methyl sites for hydroxylation is 1. The van der Waals surface area contributed by atoms with E-state index in [4.69, 9.17) is 0 Å². The zero-order valence-corrected chi connectivity index (χ0v) is 15.0. The number of carbonyl (C=O) groups excluding carboxylic acids is 2. The van der Waals surface area contributed by atoms with E-state index >= 15 is 0 Å². The van der Waals surface area contributed by atoms with E-state index in [2.05, 4.69) is 15.6 Å². The molecular weight excluding hydrogens is 354 g/mol. The molecule has 0 spiro atoms. The molecule has 136 valence electrons. The van der Waals surface area contributed by atoms with Crippen LogP contribution in [0, 0.1) is 12.8 Å². The van der Waals surface area contributed by atoms with Gasteiger partial charge in [-0.1, -0.05) is 17.7 Å². The lowest BCUT2D eigenvalue weighted by molar-refractivity contribution is -0.123. The molecule has 1 saturated carbocycles. The third-order valence-electron chi connectivity index (χ3n) is 3.98. The molecule has 1 aliphatic rings. The molecule has 0 aromatic heterocycles. The van der Waals surface area contributed by atoms with Crippen LogP contribution in [-0.4, -0.2) is 20.2 Å². The Morgan fingerprint density at radius 1 is 0.923 bits per heavy atom. The Labute approximate surface area is 151 Å². The summed E-state index contributed by atoms with van der Waals surface area (Å²) in [5, 5.41) is 0. The van der Waals surface area contributed by atoms with Gasteiger partial charge >= 0.3 is 0 Å². The summed E-state index contributed by atoms with van der Waals surface area (Å²) in [6.45, 7) is 1.91. The van der Waals surface area contributed by atoms with Crippen LogP contribution in [0.3, 0.4) is 0 Å². The smallest absolute Gasteiger partial charge is 0.269 e. The van der Waals surface area contributed by atoms with Gasteiger partial charge in [-0.2, -0.15) is 0 Å². The highest BCUT2D eigenvalue weighted by atomic mass is 32.2. The van der Waals surface area contributed by atoms with Crippen molar-refractivity contribution in [3.63, 3.8) is 0 Å². The summed E-state index contributed by atoms with van der Waals surface area (Å²) in [6.07, 6.45) is 1.67. The number of hydrazine groups is 1. The van der Waals surface area contributed by atoms with E-state index in [9.17, 15) is 18.0 Å². The largest absolute Gasteiger partial charge is 0.280 e. The van der Waals surface area contributed by atoms with Crippen molar-refractivity contribution in [3.8, 4) is 0 Å². The van der Waals surface area contributed by atoms with Crippen LogP contribution >= 0.6 is 0 Å². The minimum Gasteiger partial charge on any atom is -0.280 e. The summed E-state index contributed by atoms with van der Waals surface area (Å²) in [4.78, 5) is 23.5. The zero-order valence-electron chi connectivity index (χ0n) is 14.2. The highest BCUT2D eigenvalue weighted by Crippen LogP contribution is 2.28. The molecular formula is C18H19N3O4S. The maximum absolute atomic E-state index is 12.4. The van der Waals surface area contributed by atoms with Crippen LogP contribution in [0.5, 0.6) is 0 Å². The number of carbonyl (C=O) groups is 2. The normalized spacial score (nSPS) is 13.7. The number of hydrogen-bond acceptors (Lipinski definition) is 4. The Balaban J connectivity index is 1.64. The van der Waals surface area contributed by atoms with Gasteiger partial charge < -0.3 is 0 Å². The summed E-state index contributed by atoms with van der Waals surface area (Å²) in [7, 11) is -3.75. The van der Waals surface area contributed by atoms with Gasteiger partial charge in [0.25, 0.3) is 15.9 Å². The molecule has 0 bridgehead atoms. The third-order valence-corrected chi connectivity index (χ3v) is 5.38. The van der Waals surface area contributed by atoms with Crippen molar-refractivity contribution in [2.24, 2.45) is 5.92 Å². The van der Waals surface area contributed by atoms with E-state index in [0.29, 0.717) is 5.69 Å². The van der Waals surface area contributed by atoms with Gasteiger partial charge in [0.05, 0.1) is 4.90 Å². The second kappa shape index (κ2) is 7.17. The first-order valence-electron chi connectivity index (χ1n) is 8.15. The predicted octanol–water partition coefficient (Wildman–Crippen LogP) is 1.97. The number of hydrogen-bond donors (Lipinski definition) is 3. The van der Waals surface area contributed by atoms with Gasteiger partial charge in [0, 0.05) is 17.2 Å². The molecule has 3 N–H and O–H groups in total. The van der Waals surface area contributed by atoms with Crippen LogP contribution in [-0.2, 0) is 14.8 Å². The number of rotatable bonds is 5. The van der Waals surface area contributed by atoms with E-state index < -0.39 is 15.9 Å². The lowest BCUT2D eigenvalue weighted by Crippen LogP contribution is -2.42. The number of sulfonamides is 1. The first-order chi connectivity index (χ1) is 12.3. The third kappa shape index (κ3) is 4.40. The molecule has 0 radical (unpaired) electrons. The van der Waals surface area contributed by atoms with Crippen molar-refractivity contribution in [2.45, 2.75) is 24.7 Å². The SMILES string of the molecule is Cc1ccc(NS(=O)(=O)c2ccc(C(=O)NNC(=O)C3CC3)cc2)cc1. The number of anilines is 1. The van der Waals surface area contributed by atoms with Gasteiger partial charge in [0.1, 0.15) is 0 Å². The van der Waals surface area contributed by atoms with Gasteiger partial charge in [-0.3, -0.25) is 25.2 Å². The highest BCUT2D eigenvalue weighted by Gasteiger charge is 2.29. The van der Waals surface area contributed by atoms with E-state index in [0.717, 1.165) is 18.4 Å². The van der Waals surface area contributed by atoms with Crippen LogP contribution in [0.1, 0.15) is 28.8 Å². The lowest BCUT2D eigenvalue weighted by Gasteiger charge is -2.10. The summed E-state index contributed by atoms with van der Waals surface area (Å²) < 4.78 is 27.3. The van der Waals surface area contributed by atoms with Crippen LogP contribution in [0.2, 0.25) is 0 Å². The molecule has 0 atom stereocenters. The van der Waals surface area contributed by atoms with E-state index in [-0.39, 0.29) is 22.3 Å². The maximum atomic E-state index is 12.4.